The summed E-state index contributed by atoms with van der Waals surface area (Å²) in [6, 6.07) is 17.9. The van der Waals surface area contributed by atoms with Gasteiger partial charge in [-0.05, 0) is 59.5 Å². The molecule has 2 aliphatic heterocycles. The molecule has 2 amide bonds. The lowest BCUT2D eigenvalue weighted by atomic mass is 10.0. The highest BCUT2D eigenvalue weighted by Crippen LogP contribution is 2.58. The molecule has 0 spiro atoms. The van der Waals surface area contributed by atoms with Crippen LogP contribution in [0.5, 0.6) is 0 Å². The van der Waals surface area contributed by atoms with E-state index in [2.05, 4.69) is 110 Å². The van der Waals surface area contributed by atoms with Crippen molar-refractivity contribution in [3.05, 3.63) is 72.6 Å². The van der Waals surface area contributed by atoms with Crippen LogP contribution in [0.3, 0.4) is 0 Å². The van der Waals surface area contributed by atoms with E-state index in [1.165, 1.54) is 0 Å². The van der Waals surface area contributed by atoms with Gasteiger partial charge in [0, 0.05) is 48.4 Å². The summed E-state index contributed by atoms with van der Waals surface area (Å²) < 4.78 is 0. The fourth-order valence-electron chi connectivity index (χ4n) is 8.88. The molecule has 2 aromatic carbocycles. The molecule has 8 heteroatoms. The quantitative estimate of drug-likeness (QED) is 0.193. The van der Waals surface area contributed by atoms with E-state index in [1.54, 1.807) is 0 Å². The summed E-state index contributed by atoms with van der Waals surface area (Å²) >= 11 is 0. The number of hydrogen-bond acceptors (Lipinski definition) is 4. The molecule has 0 radical (unpaired) electrons. The minimum atomic E-state index is 0.0402. The Morgan fingerprint density at radius 3 is 1.35 bits per heavy atom. The second-order valence-corrected chi connectivity index (χ2v) is 15.8. The van der Waals surface area contributed by atoms with Crippen LogP contribution in [0.4, 0.5) is 0 Å². The Morgan fingerprint density at radius 2 is 1.00 bits per heavy atom. The van der Waals surface area contributed by atoms with Crippen LogP contribution in [0, 0.1) is 35.5 Å². The van der Waals surface area contributed by atoms with Gasteiger partial charge in [0.2, 0.25) is 11.8 Å². The van der Waals surface area contributed by atoms with Gasteiger partial charge in [0.25, 0.3) is 0 Å². The van der Waals surface area contributed by atoms with Crippen LogP contribution in [0.2, 0.25) is 0 Å². The van der Waals surface area contributed by atoms with E-state index in [4.69, 9.17) is 9.97 Å². The van der Waals surface area contributed by atoms with Crippen LogP contribution in [0.15, 0.2) is 60.9 Å². The number of amides is 2. The number of nitrogens with zero attached hydrogens (tertiary/aromatic N) is 4. The van der Waals surface area contributed by atoms with E-state index in [0.29, 0.717) is 60.4 Å². The average molecular weight is 645 g/mol. The summed E-state index contributed by atoms with van der Waals surface area (Å²) in [6.07, 6.45) is 7.12. The first-order chi connectivity index (χ1) is 23.1. The number of nitrogens with one attached hydrogen (secondary N) is 2. The fourth-order valence-corrected chi connectivity index (χ4v) is 8.88. The summed E-state index contributed by atoms with van der Waals surface area (Å²) in [4.78, 5) is 47.4. The molecule has 2 aromatic heterocycles. The van der Waals surface area contributed by atoms with Crippen molar-refractivity contribution in [1.82, 2.24) is 29.7 Å². The van der Waals surface area contributed by atoms with Gasteiger partial charge in [-0.1, -0.05) is 90.1 Å². The number of piperidine rings is 2. The molecule has 4 aromatic rings. The summed E-state index contributed by atoms with van der Waals surface area (Å²) in [5.74, 6) is 5.38. The maximum atomic E-state index is 13.2. The number of carbonyl (C=O) groups excluding carboxylic acids is 2. The largest absolute Gasteiger partial charge is 0.346 e. The van der Waals surface area contributed by atoms with E-state index in [-0.39, 0.29) is 23.9 Å². The summed E-state index contributed by atoms with van der Waals surface area (Å²) in [5, 5.41) is 0. The van der Waals surface area contributed by atoms with Gasteiger partial charge in [0.15, 0.2) is 0 Å². The minimum Gasteiger partial charge on any atom is -0.346 e. The van der Waals surface area contributed by atoms with Crippen molar-refractivity contribution < 1.29 is 9.59 Å². The third kappa shape index (κ3) is 5.37. The predicted octanol–water partition coefficient (Wildman–Crippen LogP) is 8.04. The van der Waals surface area contributed by atoms with Crippen molar-refractivity contribution >= 4 is 11.8 Å². The molecule has 4 aliphatic rings. The zero-order valence-corrected chi connectivity index (χ0v) is 29.0. The van der Waals surface area contributed by atoms with Gasteiger partial charge in [-0.2, -0.15) is 0 Å². The van der Waals surface area contributed by atoms with Gasteiger partial charge in [0.05, 0.1) is 23.5 Å². The number of aromatic amines is 2. The molecule has 2 saturated carbocycles. The molecule has 250 valence electrons. The third-order valence-electron chi connectivity index (χ3n) is 11.6. The Morgan fingerprint density at radius 1 is 0.646 bits per heavy atom. The zero-order chi connectivity index (χ0) is 33.4. The first-order valence-corrected chi connectivity index (χ1v) is 18.0. The highest BCUT2D eigenvalue weighted by atomic mass is 16.2. The van der Waals surface area contributed by atoms with Crippen LogP contribution < -0.4 is 0 Å². The molecule has 48 heavy (non-hydrogen) atoms. The van der Waals surface area contributed by atoms with Crippen LogP contribution in [-0.4, -0.2) is 53.6 Å². The van der Waals surface area contributed by atoms with Crippen molar-refractivity contribution in [2.45, 2.75) is 91.4 Å². The molecule has 4 heterocycles. The minimum absolute atomic E-state index is 0.0402. The Kier molecular flexibility index (Phi) is 7.61. The van der Waals surface area contributed by atoms with E-state index >= 15 is 0 Å². The normalized spacial score (nSPS) is 28.7. The van der Waals surface area contributed by atoms with Crippen molar-refractivity contribution in [2.24, 2.45) is 35.5 Å². The van der Waals surface area contributed by atoms with Gasteiger partial charge in [0.1, 0.15) is 11.6 Å². The Balaban J connectivity index is 0.942. The molecular formula is C40H48N6O2. The molecule has 2 saturated heterocycles. The molecule has 0 bridgehead atoms. The molecule has 8 rings (SSSR count). The smallest absolute Gasteiger partial charge is 0.223 e. The number of carbonyl (C=O) groups is 2. The molecule has 2 aliphatic carbocycles. The molecule has 8 nitrogen and oxygen atoms in total. The van der Waals surface area contributed by atoms with Crippen LogP contribution in [-0.2, 0) is 9.59 Å². The second-order valence-electron chi connectivity index (χ2n) is 15.8. The lowest BCUT2D eigenvalue weighted by Crippen LogP contribution is -2.35. The molecule has 6 unspecified atom stereocenters. The first-order valence-electron chi connectivity index (χ1n) is 18.0. The molecule has 8 atom stereocenters. The van der Waals surface area contributed by atoms with Gasteiger partial charge >= 0.3 is 0 Å². The van der Waals surface area contributed by atoms with Crippen molar-refractivity contribution in [2.75, 3.05) is 0 Å². The summed E-state index contributed by atoms with van der Waals surface area (Å²) in [7, 11) is 0. The van der Waals surface area contributed by atoms with Gasteiger partial charge < -0.3 is 19.8 Å². The number of aromatic nitrogens is 4. The van der Waals surface area contributed by atoms with E-state index < -0.39 is 0 Å². The molecule has 4 fully saturated rings. The summed E-state index contributed by atoms with van der Waals surface area (Å²) in [6.45, 7) is 13.0. The number of hydrogen-bond donors (Lipinski definition) is 2. The highest BCUT2D eigenvalue weighted by Gasteiger charge is 2.61. The second kappa shape index (κ2) is 11.7. The Bertz CT molecular complexity index is 1690. The van der Waals surface area contributed by atoms with Crippen LogP contribution >= 0.6 is 0 Å². The number of benzene rings is 2. The monoisotopic (exact) mass is 644 g/mol. The zero-order valence-electron chi connectivity index (χ0n) is 29.0. The number of fused-ring (bicyclic) bond motifs is 2. The molecular weight excluding hydrogens is 596 g/mol. The number of likely N-dealkylation sites (tertiary alicyclic amines) is 2. The van der Waals surface area contributed by atoms with E-state index in [1.807, 2.05) is 12.4 Å². The predicted molar refractivity (Wildman–Crippen MR) is 187 cm³/mol. The van der Waals surface area contributed by atoms with Gasteiger partial charge in [-0.25, -0.2) is 9.97 Å². The lowest BCUT2D eigenvalue weighted by molar-refractivity contribution is -0.135. The molecule has 2 N–H and O–H groups in total. The number of rotatable bonds is 9. The topological polar surface area (TPSA) is 98.0 Å². The maximum absolute atomic E-state index is 13.2. The highest BCUT2D eigenvalue weighted by molar-refractivity contribution is 5.79. The number of H-pyrrole nitrogens is 2. The Hall–Kier alpha value is -4.20. The van der Waals surface area contributed by atoms with Crippen molar-refractivity contribution in [3.63, 3.8) is 0 Å². The van der Waals surface area contributed by atoms with Crippen molar-refractivity contribution in [1.29, 1.82) is 0 Å². The van der Waals surface area contributed by atoms with Crippen molar-refractivity contribution in [3.8, 4) is 33.6 Å². The average Bonchev–Trinajstić information content (AvgIpc) is 3.58. The van der Waals surface area contributed by atoms with E-state index in [0.717, 1.165) is 58.1 Å². The van der Waals surface area contributed by atoms with Gasteiger partial charge in [-0.15, -0.1) is 0 Å². The van der Waals surface area contributed by atoms with Crippen LogP contribution in [0.25, 0.3) is 33.6 Å². The maximum Gasteiger partial charge on any atom is 0.223 e. The van der Waals surface area contributed by atoms with Crippen LogP contribution in [0.1, 0.15) is 91.0 Å². The first kappa shape index (κ1) is 31.1. The standard InChI is InChI=1S/C40H48N6O2/c1-21(2)15-35(47)45-33(17-29-23(5)37(29)45)39-41-19-31(43-39)27-11-7-25(8-12-27)26-9-13-28(14-10-26)32-20-42-40(44-32)34-18-30-24(6)38(30)46(34)36(48)16-22(3)4/h7-14,19-24,29-30,33-34,37-38H,15-18H2,1-6H3,(H,41,43)(H,42,44)/t23?,24?,29?,30?,33-,34-,37?,38?/m0/s1. The number of imidazole rings is 2. The van der Waals surface area contributed by atoms with E-state index in [9.17, 15) is 9.59 Å². The van der Waals surface area contributed by atoms with Gasteiger partial charge in [-0.3, -0.25) is 9.59 Å². The Labute approximate surface area is 283 Å². The fraction of sp³-hybridized carbons (Fsp3) is 0.500. The summed E-state index contributed by atoms with van der Waals surface area (Å²) in [5.41, 5.74) is 6.20. The third-order valence-corrected chi connectivity index (χ3v) is 11.6. The SMILES string of the molecule is CC(C)CC(=O)N1C2C(C)C2C[C@H]1c1nc(-c2ccc(-c3ccc(-c4c[nH]c([C@@H]5CC6C(C)C6N5C(=O)CC(C)C)n4)cc3)cc2)c[nH]1. The lowest BCUT2D eigenvalue weighted by Gasteiger charge is -2.28.